The number of halogens is 2. The Bertz CT molecular complexity index is 1740. The molecular formula is C29H17F2N2O2PPt. The standard InChI is InChI=1S/C29H17F2N2O2P.Pt/c1-34-22-9-11-32-28(17-22)35-23-13-19(12-21(31)15-23)18-5-7-24-25-16-20(30)6-8-26(25)36(27(24)14-18)29-4-2-3-10-33-29;/h2-12,15-17H,1H3;/q-2;+2. The molecule has 1 atom stereocenters. The Balaban J connectivity index is 0.00000280. The Labute approximate surface area is 227 Å². The Morgan fingerprint density at radius 2 is 1.68 bits per heavy atom. The van der Waals surface area contributed by atoms with E-state index in [1.54, 1.807) is 37.7 Å². The van der Waals surface area contributed by atoms with E-state index < -0.39 is 13.4 Å². The summed E-state index contributed by atoms with van der Waals surface area (Å²) in [6, 6.07) is 26.9. The van der Waals surface area contributed by atoms with Crippen LogP contribution in [-0.2, 0) is 21.1 Å². The van der Waals surface area contributed by atoms with Crippen LogP contribution in [0.2, 0.25) is 0 Å². The summed E-state index contributed by atoms with van der Waals surface area (Å²) in [5, 5.41) is 3.67. The van der Waals surface area contributed by atoms with Crippen molar-refractivity contribution in [2.45, 2.75) is 0 Å². The van der Waals surface area contributed by atoms with Gasteiger partial charge in [0.25, 0.3) is 0 Å². The van der Waals surface area contributed by atoms with Gasteiger partial charge < -0.3 is 9.47 Å². The van der Waals surface area contributed by atoms with Crippen molar-refractivity contribution >= 4 is 28.5 Å². The van der Waals surface area contributed by atoms with E-state index in [0.29, 0.717) is 16.9 Å². The average Bonchev–Trinajstić information content (AvgIpc) is 3.21. The third-order valence-corrected chi connectivity index (χ3v) is 8.17. The Kier molecular flexibility index (Phi) is 7.06. The minimum absolute atomic E-state index is 0. The molecule has 37 heavy (non-hydrogen) atoms. The second-order valence-corrected chi connectivity index (χ2v) is 10.1. The molecule has 0 amide bonds. The van der Waals surface area contributed by atoms with Crippen molar-refractivity contribution in [2.75, 3.05) is 7.11 Å². The predicted molar refractivity (Wildman–Crippen MR) is 137 cm³/mol. The van der Waals surface area contributed by atoms with E-state index in [4.69, 9.17) is 9.47 Å². The molecule has 0 saturated carbocycles. The molecule has 0 aliphatic rings. The van der Waals surface area contributed by atoms with Gasteiger partial charge in [0.2, 0.25) is 5.88 Å². The molecule has 6 rings (SSSR count). The normalized spacial score (nSPS) is 11.4. The zero-order valence-corrected chi connectivity index (χ0v) is 22.5. The number of hydrogen-bond donors (Lipinski definition) is 0. The van der Waals surface area contributed by atoms with Crippen molar-refractivity contribution < 1.29 is 39.3 Å². The van der Waals surface area contributed by atoms with Gasteiger partial charge in [-0.1, -0.05) is 30.2 Å². The number of fused-ring (bicyclic) bond motifs is 3. The molecule has 0 spiro atoms. The molecule has 0 fully saturated rings. The summed E-state index contributed by atoms with van der Waals surface area (Å²) in [7, 11) is 0.496. The Morgan fingerprint density at radius 1 is 0.784 bits per heavy atom. The zero-order chi connectivity index (χ0) is 24.6. The molecule has 3 aromatic heterocycles. The van der Waals surface area contributed by atoms with Gasteiger partial charge in [0.15, 0.2) is 0 Å². The van der Waals surface area contributed by atoms with E-state index in [0.717, 1.165) is 26.4 Å². The van der Waals surface area contributed by atoms with Crippen LogP contribution in [0.5, 0.6) is 17.4 Å². The fourth-order valence-electron chi connectivity index (χ4n) is 4.19. The molecule has 0 saturated heterocycles. The van der Waals surface area contributed by atoms with Crippen LogP contribution in [-0.4, -0.2) is 17.1 Å². The van der Waals surface area contributed by atoms with Gasteiger partial charge in [-0.2, -0.15) is 18.2 Å². The zero-order valence-electron chi connectivity index (χ0n) is 19.3. The van der Waals surface area contributed by atoms with Gasteiger partial charge >= 0.3 is 21.1 Å². The molecular weight excluding hydrogens is 672 g/mol. The first kappa shape index (κ1) is 25.1. The number of aromatic nitrogens is 2. The summed E-state index contributed by atoms with van der Waals surface area (Å²) in [4.78, 5) is 8.73. The van der Waals surface area contributed by atoms with E-state index in [2.05, 4.69) is 22.1 Å². The van der Waals surface area contributed by atoms with E-state index in [1.165, 1.54) is 18.2 Å². The molecule has 184 valence electrons. The summed E-state index contributed by atoms with van der Waals surface area (Å²) in [5.41, 5.74) is 2.02. The molecule has 0 bridgehead atoms. The van der Waals surface area contributed by atoms with Crippen molar-refractivity contribution in [2.24, 2.45) is 0 Å². The van der Waals surface area contributed by atoms with Gasteiger partial charge in [0.1, 0.15) is 11.6 Å². The SMILES string of the molecule is COc1ccnc(Oc2[c-]c(-c3[c-]c4c(cc3)c3cc(F)ccc3p4-c3ccccn3)cc(F)c2)c1.[Pt+2]. The fraction of sp³-hybridized carbons (Fsp3) is 0.0345. The van der Waals surface area contributed by atoms with Gasteiger partial charge in [-0.3, -0.25) is 4.98 Å². The quantitative estimate of drug-likeness (QED) is 0.172. The predicted octanol–water partition coefficient (Wildman–Crippen LogP) is 8.10. The van der Waals surface area contributed by atoms with Gasteiger partial charge in [-0.05, 0) is 46.9 Å². The van der Waals surface area contributed by atoms with Crippen molar-refractivity contribution in [1.82, 2.24) is 9.97 Å². The molecule has 8 heteroatoms. The molecule has 4 nitrogen and oxygen atoms in total. The van der Waals surface area contributed by atoms with Crippen LogP contribution in [0.4, 0.5) is 8.78 Å². The second kappa shape index (κ2) is 10.4. The van der Waals surface area contributed by atoms with Crippen molar-refractivity contribution in [3.05, 3.63) is 109 Å². The van der Waals surface area contributed by atoms with Gasteiger partial charge in [0, 0.05) is 30.0 Å². The number of benzene rings is 3. The van der Waals surface area contributed by atoms with Crippen LogP contribution in [0.3, 0.4) is 0 Å². The van der Waals surface area contributed by atoms with E-state index in [9.17, 15) is 8.78 Å². The Morgan fingerprint density at radius 3 is 2.49 bits per heavy atom. The molecule has 3 heterocycles. The summed E-state index contributed by atoms with van der Waals surface area (Å²) < 4.78 is 39.7. The first-order chi connectivity index (χ1) is 17.6. The molecule has 6 aromatic rings. The maximum Gasteiger partial charge on any atom is 2.00 e. The smallest absolute Gasteiger partial charge is 0.497 e. The second-order valence-electron chi connectivity index (χ2n) is 8.03. The fourth-order valence-corrected chi connectivity index (χ4v) is 6.64. The number of rotatable bonds is 5. The summed E-state index contributed by atoms with van der Waals surface area (Å²) in [6.45, 7) is 0. The Hall–Kier alpha value is -3.59. The summed E-state index contributed by atoms with van der Waals surface area (Å²) >= 11 is 0. The van der Waals surface area contributed by atoms with Gasteiger partial charge in [0.05, 0.1) is 12.5 Å². The van der Waals surface area contributed by atoms with E-state index in [1.807, 2.05) is 36.4 Å². The van der Waals surface area contributed by atoms with Crippen LogP contribution in [0, 0.1) is 23.8 Å². The monoisotopic (exact) mass is 689 g/mol. The van der Waals surface area contributed by atoms with E-state index in [-0.39, 0.29) is 38.5 Å². The first-order valence-electron chi connectivity index (χ1n) is 11.1. The number of ether oxygens (including phenoxy) is 2. The molecule has 0 radical (unpaired) electrons. The largest absolute Gasteiger partial charge is 2.00 e. The third-order valence-electron chi connectivity index (χ3n) is 5.77. The third kappa shape index (κ3) is 4.87. The van der Waals surface area contributed by atoms with Crippen molar-refractivity contribution in [3.63, 3.8) is 0 Å². The van der Waals surface area contributed by atoms with E-state index >= 15 is 0 Å². The van der Waals surface area contributed by atoms with Crippen LogP contribution in [0.15, 0.2) is 85.2 Å². The molecule has 3 aromatic carbocycles. The molecule has 0 N–H and O–H groups in total. The van der Waals surface area contributed by atoms with Gasteiger partial charge in [-0.25, -0.2) is 24.9 Å². The van der Waals surface area contributed by atoms with Crippen LogP contribution in [0.1, 0.15) is 0 Å². The van der Waals surface area contributed by atoms with Crippen LogP contribution < -0.4 is 9.47 Å². The first-order valence-corrected chi connectivity index (χ1v) is 12.4. The van der Waals surface area contributed by atoms with Crippen LogP contribution >= 0.6 is 7.53 Å². The maximum absolute atomic E-state index is 14.6. The maximum atomic E-state index is 14.6. The molecule has 1 unspecified atom stereocenters. The number of nitrogens with zero attached hydrogens (tertiary/aromatic N) is 2. The molecule has 0 aliphatic heterocycles. The minimum atomic E-state index is -1.05. The molecule has 0 aliphatic carbocycles. The summed E-state index contributed by atoms with van der Waals surface area (Å²) in [6.07, 6.45) is 3.29. The van der Waals surface area contributed by atoms with Crippen molar-refractivity contribution in [1.29, 1.82) is 0 Å². The minimum Gasteiger partial charge on any atom is -0.497 e. The van der Waals surface area contributed by atoms with Crippen molar-refractivity contribution in [3.8, 4) is 33.9 Å². The average molecular weight is 690 g/mol. The topological polar surface area (TPSA) is 44.2 Å². The summed E-state index contributed by atoms with van der Waals surface area (Å²) in [5.74, 6) is 0.233. The number of hydrogen-bond acceptors (Lipinski definition) is 4. The van der Waals surface area contributed by atoms with Crippen LogP contribution in [0.25, 0.3) is 37.6 Å². The number of methoxy groups -OCH3 is 1. The van der Waals surface area contributed by atoms with Gasteiger partial charge in [-0.15, -0.1) is 12.1 Å². The number of pyridine rings is 2.